The third-order valence-electron chi connectivity index (χ3n) is 6.50. The topological polar surface area (TPSA) is 86.8 Å². The largest absolute Gasteiger partial charge is 0.352 e. The highest BCUT2D eigenvalue weighted by Crippen LogP contribution is 2.25. The third-order valence-corrected chi connectivity index (χ3v) is 8.26. The van der Waals surface area contributed by atoms with E-state index < -0.39 is 21.9 Å². The number of amides is 2. The molecule has 0 unspecified atom stereocenters. The molecule has 1 saturated carbocycles. The highest BCUT2D eigenvalue weighted by molar-refractivity contribution is 7.92. The van der Waals surface area contributed by atoms with Gasteiger partial charge in [-0.2, -0.15) is 0 Å². The first-order chi connectivity index (χ1) is 17.5. The lowest BCUT2D eigenvalue weighted by Gasteiger charge is -2.30. The number of nitrogens with one attached hydrogen (secondary N) is 1. The number of carbonyl (C=O) groups excluding carboxylic acids is 2. The molecule has 2 aromatic rings. The van der Waals surface area contributed by atoms with Crippen molar-refractivity contribution in [3.63, 3.8) is 0 Å². The maximum atomic E-state index is 14.3. The van der Waals surface area contributed by atoms with E-state index in [1.165, 1.54) is 23.1 Å². The molecule has 1 fully saturated rings. The first-order valence-electron chi connectivity index (χ1n) is 12.2. The Morgan fingerprint density at radius 2 is 1.81 bits per heavy atom. The summed E-state index contributed by atoms with van der Waals surface area (Å²) in [6, 6.07) is 9.83. The van der Waals surface area contributed by atoms with Crippen LogP contribution < -0.4 is 9.62 Å². The zero-order chi connectivity index (χ0) is 27.2. The second kappa shape index (κ2) is 12.9. The summed E-state index contributed by atoms with van der Waals surface area (Å²) in [5.74, 6) is -1.27. The van der Waals surface area contributed by atoms with Crippen molar-refractivity contribution in [3.05, 3.63) is 63.9 Å². The van der Waals surface area contributed by atoms with Crippen molar-refractivity contribution < 1.29 is 22.4 Å². The van der Waals surface area contributed by atoms with Gasteiger partial charge in [-0.05, 0) is 56.0 Å². The highest BCUT2D eigenvalue weighted by atomic mass is 35.5. The van der Waals surface area contributed by atoms with Gasteiger partial charge < -0.3 is 10.2 Å². The van der Waals surface area contributed by atoms with Crippen molar-refractivity contribution in [1.82, 2.24) is 10.2 Å². The molecule has 1 aliphatic carbocycles. The van der Waals surface area contributed by atoms with Crippen molar-refractivity contribution in [1.29, 1.82) is 0 Å². The predicted molar refractivity (Wildman–Crippen MR) is 145 cm³/mol. The molecule has 2 aromatic carbocycles. The predicted octanol–water partition coefficient (Wildman–Crippen LogP) is 5.15. The molecule has 0 aliphatic heterocycles. The van der Waals surface area contributed by atoms with Crippen LogP contribution in [0.2, 0.25) is 10.0 Å². The lowest BCUT2D eigenvalue weighted by Crippen LogP contribution is -2.49. The molecular formula is C26H32Cl2FN3O4S. The minimum Gasteiger partial charge on any atom is -0.352 e. The minimum absolute atomic E-state index is 0.0489. The highest BCUT2D eigenvalue weighted by Gasteiger charge is 2.29. The Morgan fingerprint density at radius 3 is 2.43 bits per heavy atom. The van der Waals surface area contributed by atoms with Crippen molar-refractivity contribution in [2.75, 3.05) is 17.1 Å². The summed E-state index contributed by atoms with van der Waals surface area (Å²) in [7, 11) is -3.79. The van der Waals surface area contributed by atoms with E-state index in [0.717, 1.165) is 36.2 Å². The van der Waals surface area contributed by atoms with Gasteiger partial charge in [0.05, 0.1) is 11.9 Å². The maximum Gasteiger partial charge on any atom is 0.242 e. The third kappa shape index (κ3) is 8.06. The van der Waals surface area contributed by atoms with Crippen LogP contribution in [0.5, 0.6) is 0 Å². The van der Waals surface area contributed by atoms with Gasteiger partial charge in [-0.15, -0.1) is 0 Å². The van der Waals surface area contributed by atoms with Gasteiger partial charge in [0.15, 0.2) is 0 Å². The fourth-order valence-corrected chi connectivity index (χ4v) is 5.88. The number of hydrogen-bond donors (Lipinski definition) is 1. The van der Waals surface area contributed by atoms with Crippen LogP contribution in [0.15, 0.2) is 42.5 Å². The molecule has 1 aliphatic rings. The number of halogens is 3. The Hall–Kier alpha value is -2.36. The molecule has 1 N–H and O–H groups in total. The molecule has 0 radical (unpaired) electrons. The van der Waals surface area contributed by atoms with Crippen LogP contribution in [-0.2, 0) is 26.2 Å². The van der Waals surface area contributed by atoms with E-state index in [4.69, 9.17) is 23.2 Å². The monoisotopic (exact) mass is 571 g/mol. The summed E-state index contributed by atoms with van der Waals surface area (Å²) < 4.78 is 40.0. The van der Waals surface area contributed by atoms with E-state index in [-0.39, 0.29) is 49.5 Å². The second-order valence-electron chi connectivity index (χ2n) is 9.31. The van der Waals surface area contributed by atoms with E-state index >= 15 is 0 Å². The van der Waals surface area contributed by atoms with Crippen molar-refractivity contribution in [3.8, 4) is 0 Å². The summed E-state index contributed by atoms with van der Waals surface area (Å²) in [6.07, 6.45) is 5.00. The molecule has 0 bridgehead atoms. The van der Waals surface area contributed by atoms with Crippen molar-refractivity contribution in [2.45, 2.75) is 64.1 Å². The summed E-state index contributed by atoms with van der Waals surface area (Å²) in [5, 5.41) is 3.85. The van der Waals surface area contributed by atoms with Crippen LogP contribution in [0, 0.1) is 5.82 Å². The Labute approximate surface area is 228 Å². The molecule has 37 heavy (non-hydrogen) atoms. The van der Waals surface area contributed by atoms with Gasteiger partial charge in [0.2, 0.25) is 21.8 Å². The molecule has 7 nitrogen and oxygen atoms in total. The number of sulfonamides is 1. The summed E-state index contributed by atoms with van der Waals surface area (Å²) in [6.45, 7) is 1.65. The first-order valence-corrected chi connectivity index (χ1v) is 14.8. The Kier molecular flexibility index (Phi) is 10.2. The molecule has 0 heterocycles. The number of benzene rings is 2. The molecule has 0 spiro atoms. The van der Waals surface area contributed by atoms with Crippen molar-refractivity contribution in [2.24, 2.45) is 0 Å². The molecule has 11 heteroatoms. The van der Waals surface area contributed by atoms with Crippen LogP contribution in [0.25, 0.3) is 0 Å². The number of anilines is 1. The van der Waals surface area contributed by atoms with Crippen LogP contribution in [0.3, 0.4) is 0 Å². The van der Waals surface area contributed by atoms with Gasteiger partial charge >= 0.3 is 0 Å². The minimum atomic E-state index is -3.79. The Bertz CT molecular complexity index is 1220. The van der Waals surface area contributed by atoms with Gasteiger partial charge in [0.1, 0.15) is 11.9 Å². The quantitative estimate of drug-likeness (QED) is 0.404. The molecule has 3 rings (SSSR count). The average Bonchev–Trinajstić information content (AvgIpc) is 3.34. The lowest BCUT2D eigenvalue weighted by atomic mass is 10.1. The van der Waals surface area contributed by atoms with E-state index in [1.807, 2.05) is 0 Å². The number of para-hydroxylation sites is 1. The van der Waals surface area contributed by atoms with Gasteiger partial charge in [-0.3, -0.25) is 13.9 Å². The van der Waals surface area contributed by atoms with Gasteiger partial charge in [0, 0.05) is 35.6 Å². The number of hydrogen-bond acceptors (Lipinski definition) is 4. The summed E-state index contributed by atoms with van der Waals surface area (Å²) in [5.41, 5.74) is 0.551. The molecule has 0 saturated heterocycles. The maximum absolute atomic E-state index is 14.3. The fourth-order valence-electron chi connectivity index (χ4n) is 4.44. The molecular weight excluding hydrogens is 540 g/mol. The normalized spacial score (nSPS) is 14.8. The average molecular weight is 573 g/mol. The lowest BCUT2D eigenvalue weighted by molar-refractivity contribution is -0.140. The second-order valence-corrected chi connectivity index (χ2v) is 12.1. The zero-order valence-electron chi connectivity index (χ0n) is 20.9. The smallest absolute Gasteiger partial charge is 0.242 e. The zero-order valence-corrected chi connectivity index (χ0v) is 23.3. The fraction of sp³-hybridized carbons (Fsp3) is 0.462. The first kappa shape index (κ1) is 29.2. The van der Waals surface area contributed by atoms with E-state index in [1.54, 1.807) is 31.2 Å². The SMILES string of the molecule is C[C@@H](C(=O)NC1CCCC1)N(Cc1ccc(Cl)cc1Cl)C(=O)CCCN(c1ccccc1F)S(C)(=O)=O. The molecule has 0 aromatic heterocycles. The molecule has 202 valence electrons. The number of rotatable bonds is 11. The summed E-state index contributed by atoms with van der Waals surface area (Å²) >= 11 is 12.4. The van der Waals surface area contributed by atoms with E-state index in [0.29, 0.717) is 15.6 Å². The number of nitrogens with zero attached hydrogens (tertiary/aromatic N) is 2. The van der Waals surface area contributed by atoms with E-state index in [9.17, 15) is 22.4 Å². The van der Waals surface area contributed by atoms with Gasteiger partial charge in [-0.1, -0.05) is 54.2 Å². The summed E-state index contributed by atoms with van der Waals surface area (Å²) in [4.78, 5) is 27.8. The van der Waals surface area contributed by atoms with Crippen molar-refractivity contribution >= 4 is 50.7 Å². The van der Waals surface area contributed by atoms with Crippen LogP contribution in [0.1, 0.15) is 51.0 Å². The van der Waals surface area contributed by atoms with Crippen LogP contribution >= 0.6 is 23.2 Å². The molecule has 2 amide bonds. The molecule has 1 atom stereocenters. The Balaban J connectivity index is 1.75. The van der Waals surface area contributed by atoms with Gasteiger partial charge in [0.25, 0.3) is 0 Å². The Morgan fingerprint density at radius 1 is 1.14 bits per heavy atom. The van der Waals surface area contributed by atoms with Crippen LogP contribution in [0.4, 0.5) is 10.1 Å². The number of carbonyl (C=O) groups is 2. The van der Waals surface area contributed by atoms with Crippen LogP contribution in [-0.4, -0.2) is 50.0 Å². The van der Waals surface area contributed by atoms with Gasteiger partial charge in [-0.25, -0.2) is 12.8 Å². The van der Waals surface area contributed by atoms with E-state index in [2.05, 4.69) is 5.32 Å². The standard InChI is InChI=1S/C26H32Cl2FN3O4S/c1-18(26(34)30-21-8-3-4-9-21)31(17-19-13-14-20(27)16-22(19)28)25(33)12-7-15-32(37(2,35)36)24-11-6-5-10-23(24)29/h5-6,10-11,13-14,16,18,21H,3-4,7-9,12,15,17H2,1-2H3,(H,30,34)/t18-/m0/s1.